The second kappa shape index (κ2) is 5.99. The number of morpholine rings is 1. The van der Waals surface area contributed by atoms with Crippen LogP contribution in [0.3, 0.4) is 0 Å². The molecule has 0 aromatic carbocycles. The Morgan fingerprint density at radius 1 is 1.61 bits per heavy atom. The van der Waals surface area contributed by atoms with Gasteiger partial charge in [-0.15, -0.1) is 0 Å². The van der Waals surface area contributed by atoms with E-state index in [-0.39, 0.29) is 11.9 Å². The van der Waals surface area contributed by atoms with Crippen molar-refractivity contribution in [1.29, 1.82) is 0 Å². The molecule has 0 spiro atoms. The Morgan fingerprint density at radius 3 is 3.06 bits per heavy atom. The number of hydrogen-bond donors (Lipinski definition) is 2. The zero-order chi connectivity index (χ0) is 13.0. The van der Waals surface area contributed by atoms with E-state index in [2.05, 4.69) is 10.2 Å². The summed E-state index contributed by atoms with van der Waals surface area (Å²) in [6.45, 7) is 3.86. The van der Waals surface area contributed by atoms with Gasteiger partial charge in [0.25, 0.3) is 0 Å². The van der Waals surface area contributed by atoms with Crippen LogP contribution >= 0.6 is 0 Å². The van der Waals surface area contributed by atoms with E-state index in [1.807, 2.05) is 7.05 Å². The third-order valence-corrected chi connectivity index (χ3v) is 2.82. The Bertz CT molecular complexity index is 399. The molecule has 1 aromatic rings. The molecule has 6 nitrogen and oxygen atoms in total. The van der Waals surface area contributed by atoms with Crippen molar-refractivity contribution in [2.24, 2.45) is 0 Å². The molecular formula is C12H18N2O4. The summed E-state index contributed by atoms with van der Waals surface area (Å²) in [4.78, 5) is 12.7. The van der Waals surface area contributed by atoms with Crippen LogP contribution in [0.15, 0.2) is 16.5 Å². The van der Waals surface area contributed by atoms with E-state index in [9.17, 15) is 4.79 Å². The van der Waals surface area contributed by atoms with Crippen LogP contribution in [0.5, 0.6) is 0 Å². The van der Waals surface area contributed by atoms with Crippen LogP contribution in [0.25, 0.3) is 0 Å². The SMILES string of the molecule is CN(Cc1ccc(C(=O)O)o1)CC1CNCCO1. The van der Waals surface area contributed by atoms with E-state index >= 15 is 0 Å². The van der Waals surface area contributed by atoms with Crippen LogP contribution in [-0.2, 0) is 11.3 Å². The third-order valence-electron chi connectivity index (χ3n) is 2.82. The molecule has 0 saturated carbocycles. The van der Waals surface area contributed by atoms with E-state index < -0.39 is 5.97 Å². The molecule has 1 atom stereocenters. The van der Waals surface area contributed by atoms with Gasteiger partial charge >= 0.3 is 5.97 Å². The highest BCUT2D eigenvalue weighted by Crippen LogP contribution is 2.10. The van der Waals surface area contributed by atoms with Crippen LogP contribution < -0.4 is 5.32 Å². The molecule has 2 heterocycles. The van der Waals surface area contributed by atoms with Gasteiger partial charge in [-0.2, -0.15) is 0 Å². The van der Waals surface area contributed by atoms with Crippen molar-refractivity contribution in [2.45, 2.75) is 12.6 Å². The van der Waals surface area contributed by atoms with Crippen LogP contribution in [0.4, 0.5) is 0 Å². The van der Waals surface area contributed by atoms with Gasteiger partial charge in [-0.1, -0.05) is 0 Å². The summed E-state index contributed by atoms with van der Waals surface area (Å²) >= 11 is 0. The first-order valence-electron chi connectivity index (χ1n) is 5.98. The maximum Gasteiger partial charge on any atom is 0.371 e. The number of ether oxygens (including phenoxy) is 1. The summed E-state index contributed by atoms with van der Waals surface area (Å²) in [7, 11) is 1.96. The van der Waals surface area contributed by atoms with Gasteiger partial charge in [0.2, 0.25) is 5.76 Å². The maximum atomic E-state index is 10.7. The topological polar surface area (TPSA) is 74.9 Å². The van der Waals surface area contributed by atoms with Crippen molar-refractivity contribution >= 4 is 5.97 Å². The van der Waals surface area contributed by atoms with E-state index in [1.165, 1.54) is 6.07 Å². The highest BCUT2D eigenvalue weighted by Gasteiger charge is 2.17. The van der Waals surface area contributed by atoms with Crippen molar-refractivity contribution in [3.63, 3.8) is 0 Å². The molecule has 1 unspecified atom stereocenters. The lowest BCUT2D eigenvalue weighted by molar-refractivity contribution is 0.00787. The monoisotopic (exact) mass is 254 g/mol. The van der Waals surface area contributed by atoms with Crippen LogP contribution in [0.2, 0.25) is 0 Å². The molecule has 0 bridgehead atoms. The fourth-order valence-electron chi connectivity index (χ4n) is 1.99. The van der Waals surface area contributed by atoms with Gasteiger partial charge in [0.15, 0.2) is 0 Å². The Hall–Kier alpha value is -1.37. The number of furan rings is 1. The van der Waals surface area contributed by atoms with Crippen molar-refractivity contribution in [3.05, 3.63) is 23.7 Å². The van der Waals surface area contributed by atoms with Crippen molar-refractivity contribution in [3.8, 4) is 0 Å². The zero-order valence-corrected chi connectivity index (χ0v) is 10.4. The summed E-state index contributed by atoms with van der Waals surface area (Å²) in [5.41, 5.74) is 0. The molecule has 1 aliphatic rings. The normalized spacial score (nSPS) is 20.2. The molecule has 18 heavy (non-hydrogen) atoms. The Balaban J connectivity index is 1.82. The summed E-state index contributed by atoms with van der Waals surface area (Å²) in [6.07, 6.45) is 0.178. The molecule has 1 fully saturated rings. The van der Waals surface area contributed by atoms with E-state index in [4.69, 9.17) is 14.3 Å². The standard InChI is InChI=1S/C12H18N2O4/c1-14(8-10-6-13-4-5-17-10)7-9-2-3-11(18-9)12(15)16/h2-3,10,13H,4-8H2,1H3,(H,15,16). The van der Waals surface area contributed by atoms with E-state index in [0.29, 0.717) is 12.3 Å². The molecule has 2 rings (SSSR count). The van der Waals surface area contributed by atoms with Gasteiger partial charge in [0.05, 0.1) is 19.3 Å². The minimum atomic E-state index is -1.04. The second-order valence-electron chi connectivity index (χ2n) is 4.46. The number of nitrogens with zero attached hydrogens (tertiary/aromatic N) is 1. The van der Waals surface area contributed by atoms with Gasteiger partial charge in [-0.05, 0) is 19.2 Å². The fourth-order valence-corrected chi connectivity index (χ4v) is 1.99. The molecule has 6 heteroatoms. The Morgan fingerprint density at radius 2 is 2.44 bits per heavy atom. The maximum absolute atomic E-state index is 10.7. The van der Waals surface area contributed by atoms with Gasteiger partial charge in [-0.3, -0.25) is 4.90 Å². The molecule has 0 amide bonds. The molecule has 1 aliphatic heterocycles. The van der Waals surface area contributed by atoms with E-state index in [0.717, 1.165) is 26.2 Å². The summed E-state index contributed by atoms with van der Waals surface area (Å²) < 4.78 is 10.8. The third kappa shape index (κ3) is 3.56. The number of nitrogens with one attached hydrogen (secondary N) is 1. The van der Waals surface area contributed by atoms with Crippen LogP contribution in [0, 0.1) is 0 Å². The largest absolute Gasteiger partial charge is 0.475 e. The Labute approximate surface area is 106 Å². The van der Waals surface area contributed by atoms with Gasteiger partial charge < -0.3 is 19.6 Å². The molecule has 0 radical (unpaired) electrons. The lowest BCUT2D eigenvalue weighted by atomic mass is 10.3. The predicted octanol–water partition coefficient (Wildman–Crippen LogP) is 0.398. The fraction of sp³-hybridized carbons (Fsp3) is 0.583. The lowest BCUT2D eigenvalue weighted by Crippen LogP contribution is -2.44. The number of carboxylic acids is 1. The smallest absolute Gasteiger partial charge is 0.371 e. The number of aromatic carboxylic acids is 1. The predicted molar refractivity (Wildman–Crippen MR) is 64.6 cm³/mol. The number of carbonyl (C=O) groups is 1. The first-order valence-corrected chi connectivity index (χ1v) is 5.98. The summed E-state index contributed by atoms with van der Waals surface area (Å²) in [5, 5.41) is 12.0. The lowest BCUT2D eigenvalue weighted by Gasteiger charge is -2.27. The molecule has 100 valence electrons. The average Bonchev–Trinajstić information content (AvgIpc) is 2.78. The zero-order valence-electron chi connectivity index (χ0n) is 10.4. The highest BCUT2D eigenvalue weighted by atomic mass is 16.5. The molecule has 0 aliphatic carbocycles. The van der Waals surface area contributed by atoms with Gasteiger partial charge in [0.1, 0.15) is 5.76 Å². The molecule has 1 aromatic heterocycles. The van der Waals surface area contributed by atoms with Crippen molar-refractivity contribution in [1.82, 2.24) is 10.2 Å². The van der Waals surface area contributed by atoms with Gasteiger partial charge in [-0.25, -0.2) is 4.79 Å². The highest BCUT2D eigenvalue weighted by molar-refractivity contribution is 5.84. The van der Waals surface area contributed by atoms with Crippen LogP contribution in [-0.4, -0.2) is 55.4 Å². The quantitative estimate of drug-likeness (QED) is 0.792. The number of carboxylic acid groups (broad SMARTS) is 1. The first kappa shape index (κ1) is 13.1. The number of hydrogen-bond acceptors (Lipinski definition) is 5. The Kier molecular flexibility index (Phi) is 4.35. The second-order valence-corrected chi connectivity index (χ2v) is 4.46. The first-order chi connectivity index (χ1) is 8.65. The molecule has 2 N–H and O–H groups in total. The van der Waals surface area contributed by atoms with Crippen molar-refractivity contribution < 1.29 is 19.1 Å². The average molecular weight is 254 g/mol. The summed E-state index contributed by atoms with van der Waals surface area (Å²) in [6, 6.07) is 3.17. The number of likely N-dealkylation sites (N-methyl/N-ethyl adjacent to an activating group) is 1. The van der Waals surface area contributed by atoms with Crippen LogP contribution in [0.1, 0.15) is 16.3 Å². The minimum Gasteiger partial charge on any atom is -0.475 e. The van der Waals surface area contributed by atoms with Crippen molar-refractivity contribution in [2.75, 3.05) is 33.3 Å². The molecule has 1 saturated heterocycles. The number of rotatable bonds is 5. The van der Waals surface area contributed by atoms with Gasteiger partial charge in [0, 0.05) is 19.6 Å². The summed E-state index contributed by atoms with van der Waals surface area (Å²) in [5.74, 6) is -0.406. The van der Waals surface area contributed by atoms with E-state index in [1.54, 1.807) is 6.07 Å². The minimum absolute atomic E-state index is 0.0195. The molecular weight excluding hydrogens is 236 g/mol.